The number of rotatable bonds is 6. The minimum Gasteiger partial charge on any atom is -0.480 e. The molecule has 4 atom stereocenters. The largest absolute Gasteiger partial charge is 0.480 e. The molecule has 1 aromatic rings. The number of halogens is 1. The zero-order chi connectivity index (χ0) is 23.5. The summed E-state index contributed by atoms with van der Waals surface area (Å²) in [6.07, 6.45) is 7.52. The van der Waals surface area contributed by atoms with Gasteiger partial charge in [0.2, 0.25) is 5.91 Å². The number of fused-ring (bicyclic) bond motifs is 1. The van der Waals surface area contributed by atoms with Gasteiger partial charge in [-0.05, 0) is 38.5 Å². The van der Waals surface area contributed by atoms with Crippen molar-refractivity contribution in [2.75, 3.05) is 6.54 Å². The van der Waals surface area contributed by atoms with Gasteiger partial charge < -0.3 is 20.1 Å². The average molecular weight is 461 g/mol. The highest BCUT2D eigenvalue weighted by Crippen LogP contribution is 2.36. The van der Waals surface area contributed by atoms with E-state index >= 15 is 0 Å². The molecule has 1 aliphatic heterocycles. The monoisotopic (exact) mass is 460 g/mol. The predicted molar refractivity (Wildman–Crippen MR) is 121 cm³/mol. The van der Waals surface area contributed by atoms with E-state index in [2.05, 4.69) is 5.32 Å². The molecule has 0 radical (unpaired) electrons. The molecule has 3 rings (SSSR count). The molecule has 0 saturated carbocycles. The van der Waals surface area contributed by atoms with E-state index in [1.807, 2.05) is 24.3 Å². The van der Waals surface area contributed by atoms with E-state index in [0.717, 1.165) is 5.56 Å². The van der Waals surface area contributed by atoms with Gasteiger partial charge in [-0.2, -0.15) is 0 Å². The van der Waals surface area contributed by atoms with E-state index < -0.39 is 35.7 Å². The van der Waals surface area contributed by atoms with Gasteiger partial charge in [-0.3, -0.25) is 4.79 Å². The fourth-order valence-corrected chi connectivity index (χ4v) is 4.24. The van der Waals surface area contributed by atoms with Crippen molar-refractivity contribution in [1.82, 2.24) is 10.2 Å². The molecule has 0 bridgehead atoms. The van der Waals surface area contributed by atoms with Crippen molar-refractivity contribution < 1.29 is 24.2 Å². The van der Waals surface area contributed by atoms with Crippen molar-refractivity contribution in [2.45, 2.75) is 51.3 Å². The van der Waals surface area contributed by atoms with E-state index in [1.54, 1.807) is 49.9 Å². The highest BCUT2D eigenvalue weighted by Gasteiger charge is 2.44. The molecular formula is C24H29ClN2O5. The first-order chi connectivity index (χ1) is 15.0. The van der Waals surface area contributed by atoms with Gasteiger partial charge in [0.15, 0.2) is 0 Å². The van der Waals surface area contributed by atoms with Crippen molar-refractivity contribution in [3.05, 3.63) is 59.2 Å². The van der Waals surface area contributed by atoms with Crippen molar-refractivity contribution >= 4 is 29.6 Å². The number of carboxylic acid groups (broad SMARTS) is 1. The number of aliphatic carboxylic acids is 1. The van der Waals surface area contributed by atoms with Crippen molar-refractivity contribution in [2.24, 2.45) is 11.8 Å². The molecule has 7 nitrogen and oxygen atoms in total. The SMILES string of the molecule is CC(C)(C)OC(=O)N1CC2C=CC=CC2C1CC(=O)N[C@H](Cc1ccc(Cl)cc1)C(=O)O. The molecule has 0 spiro atoms. The fraction of sp³-hybridized carbons (Fsp3) is 0.458. The van der Waals surface area contributed by atoms with Crippen LogP contribution in [0.1, 0.15) is 32.8 Å². The number of amides is 2. The Labute approximate surface area is 193 Å². The molecule has 1 aromatic carbocycles. The first-order valence-corrected chi connectivity index (χ1v) is 11.0. The van der Waals surface area contributed by atoms with Gasteiger partial charge in [0.1, 0.15) is 11.6 Å². The van der Waals surface area contributed by atoms with Crippen LogP contribution in [-0.2, 0) is 20.7 Å². The highest BCUT2D eigenvalue weighted by molar-refractivity contribution is 6.30. The van der Waals surface area contributed by atoms with E-state index in [4.69, 9.17) is 16.3 Å². The minimum absolute atomic E-state index is 0.0109. The number of hydrogen-bond acceptors (Lipinski definition) is 4. The topological polar surface area (TPSA) is 95.9 Å². The lowest BCUT2D eigenvalue weighted by molar-refractivity contribution is -0.142. The number of benzene rings is 1. The second kappa shape index (κ2) is 9.77. The lowest BCUT2D eigenvalue weighted by Gasteiger charge is -2.30. The minimum atomic E-state index is -1.12. The second-order valence-electron chi connectivity index (χ2n) is 9.20. The summed E-state index contributed by atoms with van der Waals surface area (Å²) in [5, 5.41) is 12.8. The van der Waals surface area contributed by atoms with Gasteiger partial charge in [0.25, 0.3) is 0 Å². The summed E-state index contributed by atoms with van der Waals surface area (Å²) in [4.78, 5) is 39.0. The Morgan fingerprint density at radius 3 is 2.47 bits per heavy atom. The van der Waals surface area contributed by atoms with Crippen LogP contribution in [0.4, 0.5) is 4.79 Å². The molecule has 3 unspecified atom stereocenters. The predicted octanol–water partition coefficient (Wildman–Crippen LogP) is 3.82. The van der Waals surface area contributed by atoms with Crippen LogP contribution in [0.5, 0.6) is 0 Å². The molecule has 0 aromatic heterocycles. The summed E-state index contributed by atoms with van der Waals surface area (Å²) < 4.78 is 5.55. The number of allylic oxidation sites excluding steroid dienone is 2. The Kier molecular flexibility index (Phi) is 7.29. The molecule has 1 aliphatic carbocycles. The maximum absolute atomic E-state index is 12.9. The first-order valence-electron chi connectivity index (χ1n) is 10.6. The Morgan fingerprint density at radius 2 is 1.84 bits per heavy atom. The van der Waals surface area contributed by atoms with Crippen LogP contribution >= 0.6 is 11.6 Å². The van der Waals surface area contributed by atoms with Gasteiger partial charge in [-0.15, -0.1) is 0 Å². The Hall–Kier alpha value is -2.80. The maximum Gasteiger partial charge on any atom is 0.410 e. The standard InChI is InChI=1S/C24H29ClN2O5/c1-24(2,3)32-23(31)27-14-16-6-4-5-7-18(16)20(27)13-21(28)26-19(22(29)30)12-15-8-10-17(25)11-9-15/h4-11,16,18-20H,12-14H2,1-3H3,(H,26,28)(H,29,30)/t16?,18?,19-,20?/m1/s1. The van der Waals surface area contributed by atoms with E-state index in [1.165, 1.54) is 0 Å². The smallest absolute Gasteiger partial charge is 0.410 e. The second-order valence-corrected chi connectivity index (χ2v) is 9.64. The summed E-state index contributed by atoms with van der Waals surface area (Å²) in [6, 6.07) is 5.32. The molecule has 172 valence electrons. The Morgan fingerprint density at radius 1 is 1.19 bits per heavy atom. The van der Waals surface area contributed by atoms with Crippen LogP contribution in [0.3, 0.4) is 0 Å². The lowest BCUT2D eigenvalue weighted by atomic mass is 9.86. The van der Waals surface area contributed by atoms with Gasteiger partial charge >= 0.3 is 12.1 Å². The number of hydrogen-bond donors (Lipinski definition) is 2. The molecule has 2 aliphatic rings. The third-order valence-electron chi connectivity index (χ3n) is 5.56. The number of likely N-dealkylation sites (tertiary alicyclic amines) is 1. The fourth-order valence-electron chi connectivity index (χ4n) is 4.11. The average Bonchev–Trinajstić information content (AvgIpc) is 3.06. The lowest BCUT2D eigenvalue weighted by Crippen LogP contribution is -2.47. The van der Waals surface area contributed by atoms with E-state index in [0.29, 0.717) is 11.6 Å². The quantitative estimate of drug-likeness (QED) is 0.672. The summed E-state index contributed by atoms with van der Waals surface area (Å²) in [6.45, 7) is 5.84. The zero-order valence-corrected chi connectivity index (χ0v) is 19.2. The zero-order valence-electron chi connectivity index (χ0n) is 18.5. The maximum atomic E-state index is 12.9. The number of carboxylic acids is 1. The Bertz CT molecular complexity index is 919. The molecule has 2 N–H and O–H groups in total. The third kappa shape index (κ3) is 6.13. The number of carbonyl (C=O) groups is 3. The van der Waals surface area contributed by atoms with Crippen LogP contribution in [0.25, 0.3) is 0 Å². The number of carbonyl (C=O) groups excluding carboxylic acids is 2. The normalized spacial score (nSPS) is 22.9. The molecular weight excluding hydrogens is 432 g/mol. The molecule has 1 fully saturated rings. The number of nitrogens with zero attached hydrogens (tertiary/aromatic N) is 1. The third-order valence-corrected chi connectivity index (χ3v) is 5.81. The van der Waals surface area contributed by atoms with Gasteiger partial charge in [-0.25, -0.2) is 9.59 Å². The molecule has 8 heteroatoms. The first kappa shape index (κ1) is 23.9. The van der Waals surface area contributed by atoms with Gasteiger partial charge in [0, 0.05) is 36.2 Å². The molecule has 2 amide bonds. The molecule has 32 heavy (non-hydrogen) atoms. The summed E-state index contributed by atoms with van der Waals surface area (Å²) in [5.41, 5.74) is 0.0924. The summed E-state index contributed by atoms with van der Waals surface area (Å²) >= 11 is 5.89. The number of nitrogens with one attached hydrogen (secondary N) is 1. The van der Waals surface area contributed by atoms with Crippen molar-refractivity contribution in [1.29, 1.82) is 0 Å². The molecule has 1 saturated heterocycles. The highest BCUT2D eigenvalue weighted by atomic mass is 35.5. The van der Waals surface area contributed by atoms with Crippen LogP contribution in [0.15, 0.2) is 48.6 Å². The Balaban J connectivity index is 1.71. The van der Waals surface area contributed by atoms with Crippen LogP contribution in [0, 0.1) is 11.8 Å². The van der Waals surface area contributed by atoms with Crippen molar-refractivity contribution in [3.8, 4) is 0 Å². The van der Waals surface area contributed by atoms with E-state index in [-0.39, 0.29) is 24.7 Å². The van der Waals surface area contributed by atoms with Crippen LogP contribution in [-0.4, -0.2) is 52.2 Å². The molecule has 1 heterocycles. The van der Waals surface area contributed by atoms with Gasteiger partial charge in [-0.1, -0.05) is 48.0 Å². The summed E-state index contributed by atoms with van der Waals surface area (Å²) in [7, 11) is 0. The van der Waals surface area contributed by atoms with Crippen LogP contribution in [0.2, 0.25) is 5.02 Å². The van der Waals surface area contributed by atoms with Crippen molar-refractivity contribution in [3.63, 3.8) is 0 Å². The number of ether oxygens (including phenoxy) is 1. The van der Waals surface area contributed by atoms with E-state index in [9.17, 15) is 19.5 Å². The van der Waals surface area contributed by atoms with Gasteiger partial charge in [0.05, 0.1) is 6.04 Å². The summed E-state index contributed by atoms with van der Waals surface area (Å²) in [5.74, 6) is -1.48. The van der Waals surface area contributed by atoms with Crippen LogP contribution < -0.4 is 5.32 Å².